The van der Waals surface area contributed by atoms with Crippen LogP contribution in [0.2, 0.25) is 0 Å². The zero-order valence-corrected chi connectivity index (χ0v) is 18.0. The van der Waals surface area contributed by atoms with Gasteiger partial charge in [-0.1, -0.05) is 6.07 Å². The number of rotatable bonds is 7. The van der Waals surface area contributed by atoms with Gasteiger partial charge in [-0.3, -0.25) is 14.4 Å². The highest BCUT2D eigenvalue weighted by molar-refractivity contribution is 5.97. The van der Waals surface area contributed by atoms with E-state index in [4.69, 9.17) is 4.74 Å². The Balaban J connectivity index is 1.53. The van der Waals surface area contributed by atoms with Crippen molar-refractivity contribution in [1.29, 1.82) is 0 Å². The molecule has 0 atom stereocenters. The highest BCUT2D eigenvalue weighted by Crippen LogP contribution is 2.17. The number of hydrogen-bond acceptors (Lipinski definition) is 6. The number of carbonyl (C=O) groups is 3. The van der Waals surface area contributed by atoms with Crippen molar-refractivity contribution in [1.82, 2.24) is 19.9 Å². The molecule has 0 aliphatic carbocycles. The molecule has 0 fully saturated rings. The van der Waals surface area contributed by atoms with Gasteiger partial charge in [0.05, 0.1) is 5.69 Å². The van der Waals surface area contributed by atoms with Gasteiger partial charge in [0.1, 0.15) is 0 Å². The van der Waals surface area contributed by atoms with Gasteiger partial charge < -0.3 is 15.4 Å². The van der Waals surface area contributed by atoms with E-state index in [9.17, 15) is 14.4 Å². The first-order chi connectivity index (χ1) is 14.8. The minimum absolute atomic E-state index is 0.120. The summed E-state index contributed by atoms with van der Waals surface area (Å²) in [4.78, 5) is 40.4. The molecule has 0 bridgehead atoms. The first-order valence-corrected chi connectivity index (χ1v) is 9.88. The molecule has 1 aromatic carbocycles. The van der Waals surface area contributed by atoms with Crippen LogP contribution in [0.5, 0.6) is 0 Å². The van der Waals surface area contributed by atoms with Crippen LogP contribution in [0.4, 0.5) is 5.69 Å². The number of fused-ring (bicyclic) bond motifs is 1. The number of amides is 2. The standard InChI is InChI=1S/C22H25N5O4/c1-13-10-19-24-14(2)18(15(3)27(19)26-13)8-9-21(29)31-12-20(28)25-17-7-5-6-16(11-17)22(30)23-4/h5-7,10-11H,8-9,12H2,1-4H3,(H,23,30)(H,25,28). The van der Waals surface area contributed by atoms with Crippen molar-refractivity contribution >= 4 is 29.1 Å². The first kappa shape index (κ1) is 21.9. The molecule has 0 radical (unpaired) electrons. The van der Waals surface area contributed by atoms with E-state index in [0.29, 0.717) is 17.7 Å². The van der Waals surface area contributed by atoms with Crippen molar-refractivity contribution < 1.29 is 19.1 Å². The predicted molar refractivity (Wildman–Crippen MR) is 115 cm³/mol. The summed E-state index contributed by atoms with van der Waals surface area (Å²) in [7, 11) is 1.53. The van der Waals surface area contributed by atoms with E-state index < -0.39 is 18.5 Å². The Labute approximate surface area is 179 Å². The number of carbonyl (C=O) groups excluding carboxylic acids is 3. The van der Waals surface area contributed by atoms with Gasteiger partial charge in [0.15, 0.2) is 12.3 Å². The minimum atomic E-state index is -0.482. The normalized spacial score (nSPS) is 10.7. The van der Waals surface area contributed by atoms with Crippen LogP contribution in [0.3, 0.4) is 0 Å². The maximum Gasteiger partial charge on any atom is 0.306 e. The van der Waals surface area contributed by atoms with Gasteiger partial charge >= 0.3 is 5.97 Å². The van der Waals surface area contributed by atoms with E-state index in [1.807, 2.05) is 26.8 Å². The predicted octanol–water partition coefficient (Wildman–Crippen LogP) is 2.13. The fourth-order valence-corrected chi connectivity index (χ4v) is 3.33. The van der Waals surface area contributed by atoms with Crippen LogP contribution in [0.15, 0.2) is 30.3 Å². The Morgan fingerprint density at radius 3 is 2.65 bits per heavy atom. The molecular formula is C22H25N5O4. The smallest absolute Gasteiger partial charge is 0.306 e. The highest BCUT2D eigenvalue weighted by Gasteiger charge is 2.14. The summed E-state index contributed by atoms with van der Waals surface area (Å²) in [6.45, 7) is 5.34. The van der Waals surface area contributed by atoms with Crippen molar-refractivity contribution in [3.05, 3.63) is 58.5 Å². The number of benzene rings is 1. The topological polar surface area (TPSA) is 115 Å². The molecule has 162 valence electrons. The zero-order chi connectivity index (χ0) is 22.5. The second kappa shape index (κ2) is 9.38. The number of nitrogens with zero attached hydrogens (tertiary/aromatic N) is 3. The number of ether oxygens (including phenoxy) is 1. The molecule has 0 unspecified atom stereocenters. The Kier molecular flexibility index (Phi) is 6.64. The first-order valence-electron chi connectivity index (χ1n) is 9.88. The third kappa shape index (κ3) is 5.25. The number of anilines is 1. The Morgan fingerprint density at radius 2 is 1.90 bits per heavy atom. The molecule has 0 aliphatic rings. The van der Waals surface area contributed by atoms with Gasteiger partial charge in [-0.15, -0.1) is 0 Å². The summed E-state index contributed by atoms with van der Waals surface area (Å²) in [6, 6.07) is 8.39. The summed E-state index contributed by atoms with van der Waals surface area (Å²) >= 11 is 0. The average molecular weight is 423 g/mol. The fraction of sp³-hybridized carbons (Fsp3) is 0.318. The molecule has 0 saturated carbocycles. The van der Waals surface area contributed by atoms with Crippen LogP contribution >= 0.6 is 0 Å². The van der Waals surface area contributed by atoms with Crippen LogP contribution in [-0.2, 0) is 20.7 Å². The second-order valence-electron chi connectivity index (χ2n) is 7.19. The monoisotopic (exact) mass is 423 g/mol. The van der Waals surface area contributed by atoms with Gasteiger partial charge in [-0.25, -0.2) is 9.50 Å². The molecule has 31 heavy (non-hydrogen) atoms. The largest absolute Gasteiger partial charge is 0.456 e. The number of aromatic nitrogens is 3. The van der Waals surface area contributed by atoms with Gasteiger partial charge in [-0.2, -0.15) is 5.10 Å². The van der Waals surface area contributed by atoms with Crippen LogP contribution in [0.25, 0.3) is 5.65 Å². The lowest BCUT2D eigenvalue weighted by Gasteiger charge is -2.11. The van der Waals surface area contributed by atoms with Crippen LogP contribution in [0, 0.1) is 20.8 Å². The minimum Gasteiger partial charge on any atom is -0.456 e. The summed E-state index contributed by atoms with van der Waals surface area (Å²) in [6.07, 6.45) is 0.558. The molecule has 3 aromatic rings. The van der Waals surface area contributed by atoms with Gasteiger partial charge in [-0.05, 0) is 51.0 Å². The van der Waals surface area contributed by atoms with Gasteiger partial charge in [0.2, 0.25) is 0 Å². The third-order valence-electron chi connectivity index (χ3n) is 4.87. The highest BCUT2D eigenvalue weighted by atomic mass is 16.5. The van der Waals surface area contributed by atoms with Crippen molar-refractivity contribution in [2.75, 3.05) is 19.0 Å². The third-order valence-corrected chi connectivity index (χ3v) is 4.87. The van der Waals surface area contributed by atoms with Gasteiger partial charge in [0, 0.05) is 42.2 Å². The van der Waals surface area contributed by atoms with E-state index in [1.54, 1.807) is 28.8 Å². The zero-order valence-electron chi connectivity index (χ0n) is 18.0. The van der Waals surface area contributed by atoms with E-state index in [2.05, 4.69) is 20.7 Å². The van der Waals surface area contributed by atoms with E-state index >= 15 is 0 Å². The molecule has 2 amide bonds. The lowest BCUT2D eigenvalue weighted by molar-refractivity contribution is -0.147. The number of aryl methyl sites for hydroxylation is 3. The molecule has 2 aromatic heterocycles. The van der Waals surface area contributed by atoms with Crippen LogP contribution in [-0.4, -0.2) is 46.0 Å². The molecule has 9 nitrogen and oxygen atoms in total. The Bertz CT molecular complexity index is 1150. The Morgan fingerprint density at radius 1 is 1.13 bits per heavy atom. The number of nitrogens with one attached hydrogen (secondary N) is 2. The Hall–Kier alpha value is -3.75. The molecule has 0 aliphatic heterocycles. The fourth-order valence-electron chi connectivity index (χ4n) is 3.33. The summed E-state index contributed by atoms with van der Waals surface area (Å²) in [5, 5.41) is 9.55. The second-order valence-corrected chi connectivity index (χ2v) is 7.19. The van der Waals surface area contributed by atoms with Crippen molar-refractivity contribution in [3.8, 4) is 0 Å². The summed E-state index contributed by atoms with van der Waals surface area (Å²) in [5.74, 6) is -1.22. The summed E-state index contributed by atoms with van der Waals surface area (Å²) < 4.78 is 6.86. The number of hydrogen-bond donors (Lipinski definition) is 2. The van der Waals surface area contributed by atoms with Crippen LogP contribution < -0.4 is 10.6 Å². The lowest BCUT2D eigenvalue weighted by Crippen LogP contribution is -2.22. The summed E-state index contributed by atoms with van der Waals surface area (Å²) in [5.41, 5.74) is 5.21. The maximum absolute atomic E-state index is 12.1. The van der Waals surface area contributed by atoms with Crippen molar-refractivity contribution in [2.45, 2.75) is 33.6 Å². The van der Waals surface area contributed by atoms with E-state index in [1.165, 1.54) is 7.05 Å². The molecule has 3 rings (SSSR count). The molecule has 0 saturated heterocycles. The average Bonchev–Trinajstić information content (AvgIpc) is 3.12. The molecule has 2 N–H and O–H groups in total. The van der Waals surface area contributed by atoms with Gasteiger partial charge in [0.25, 0.3) is 11.8 Å². The molecule has 0 spiro atoms. The maximum atomic E-state index is 12.1. The number of esters is 1. The molecular weight excluding hydrogens is 398 g/mol. The SMILES string of the molecule is CNC(=O)c1cccc(NC(=O)COC(=O)CCc2c(C)nc3cc(C)nn3c2C)c1. The van der Waals surface area contributed by atoms with Crippen LogP contribution in [0.1, 0.15) is 39.4 Å². The lowest BCUT2D eigenvalue weighted by atomic mass is 10.1. The van der Waals surface area contributed by atoms with Crippen molar-refractivity contribution in [2.24, 2.45) is 0 Å². The van der Waals surface area contributed by atoms with E-state index in [-0.39, 0.29) is 12.3 Å². The van der Waals surface area contributed by atoms with E-state index in [0.717, 1.165) is 28.3 Å². The quantitative estimate of drug-likeness (QED) is 0.563. The van der Waals surface area contributed by atoms with Crippen molar-refractivity contribution in [3.63, 3.8) is 0 Å². The molecule has 2 heterocycles. The molecule has 9 heteroatoms.